The molecular formula is C40H58S6Sn2. The van der Waals surface area contributed by atoms with Gasteiger partial charge in [-0.25, -0.2) is 0 Å². The van der Waals surface area contributed by atoms with Crippen LogP contribution in [0, 0.1) is 0 Å². The van der Waals surface area contributed by atoms with Crippen LogP contribution in [0.15, 0.2) is 44.8 Å². The summed E-state index contributed by atoms with van der Waals surface area (Å²) in [6.45, 7) is 4.61. The van der Waals surface area contributed by atoms with Crippen molar-refractivity contribution >= 4 is 132 Å². The molecule has 5 aromatic rings. The summed E-state index contributed by atoms with van der Waals surface area (Å²) < 4.78 is 9.50. The van der Waals surface area contributed by atoms with Crippen LogP contribution in [0.25, 0.3) is 41.1 Å². The number of unbranched alkanes of at least 4 members (excludes halogenated alkanes) is 10. The molecule has 0 N–H and O–H groups in total. The van der Waals surface area contributed by atoms with Crippen molar-refractivity contribution in [1.82, 2.24) is 0 Å². The molecule has 0 bridgehead atoms. The van der Waals surface area contributed by atoms with E-state index in [-0.39, 0.29) is 0 Å². The molecule has 0 saturated heterocycles. The maximum atomic E-state index is 2.67. The van der Waals surface area contributed by atoms with E-state index in [1.165, 1.54) is 118 Å². The molecule has 0 spiro atoms. The molecular weight excluding hydrogens is 910 g/mol. The zero-order valence-electron chi connectivity index (χ0n) is 30.8. The van der Waals surface area contributed by atoms with Gasteiger partial charge in [-0.1, -0.05) is 52.4 Å². The number of thiophene rings is 4. The van der Waals surface area contributed by atoms with E-state index < -0.39 is 36.8 Å². The molecule has 0 nitrogen and oxygen atoms in total. The number of rotatable bonds is 20. The number of hydrogen-bond donors (Lipinski definition) is 0. The van der Waals surface area contributed by atoms with Crippen LogP contribution in [0.1, 0.15) is 90.9 Å². The Hall–Kier alpha value is 0.837. The molecule has 262 valence electrons. The normalized spacial score (nSPS) is 12.7. The van der Waals surface area contributed by atoms with Crippen LogP contribution in [-0.2, 0) is 0 Å². The van der Waals surface area contributed by atoms with Gasteiger partial charge in [-0.2, -0.15) is 0 Å². The molecule has 5 rings (SSSR count). The first-order chi connectivity index (χ1) is 23.0. The summed E-state index contributed by atoms with van der Waals surface area (Å²) in [6.07, 6.45) is 16.5. The molecule has 8 heteroatoms. The Morgan fingerprint density at radius 3 is 1.23 bits per heavy atom. The second-order valence-corrected chi connectivity index (χ2v) is 53.3. The Balaban J connectivity index is 1.52. The van der Waals surface area contributed by atoms with Gasteiger partial charge in [-0.05, 0) is 0 Å². The summed E-state index contributed by atoms with van der Waals surface area (Å²) in [5.41, 5.74) is 3.08. The van der Waals surface area contributed by atoms with Crippen molar-refractivity contribution in [3.05, 3.63) is 36.4 Å². The van der Waals surface area contributed by atoms with Crippen molar-refractivity contribution in [3.8, 4) is 20.9 Å². The van der Waals surface area contributed by atoms with Gasteiger partial charge in [-0.15, -0.1) is 0 Å². The van der Waals surface area contributed by atoms with Crippen molar-refractivity contribution in [2.24, 2.45) is 0 Å². The van der Waals surface area contributed by atoms with Crippen LogP contribution in [0.2, 0.25) is 29.6 Å². The van der Waals surface area contributed by atoms with Crippen molar-refractivity contribution in [1.29, 1.82) is 0 Å². The van der Waals surface area contributed by atoms with Crippen LogP contribution in [0.5, 0.6) is 0 Å². The van der Waals surface area contributed by atoms with E-state index in [9.17, 15) is 0 Å². The van der Waals surface area contributed by atoms with E-state index in [2.05, 4.69) is 149 Å². The Bertz CT molecular complexity index is 1560. The van der Waals surface area contributed by atoms with Crippen molar-refractivity contribution in [3.63, 3.8) is 0 Å². The number of benzene rings is 1. The molecule has 0 aliphatic rings. The van der Waals surface area contributed by atoms with Gasteiger partial charge >= 0.3 is 277 Å². The van der Waals surface area contributed by atoms with E-state index in [4.69, 9.17) is 0 Å². The van der Waals surface area contributed by atoms with Gasteiger partial charge in [-0.3, -0.25) is 0 Å². The summed E-state index contributed by atoms with van der Waals surface area (Å²) in [6, 6.07) is 15.1. The van der Waals surface area contributed by atoms with E-state index in [1.54, 1.807) is 26.3 Å². The number of fused-ring (bicyclic) bond motifs is 2. The molecule has 0 unspecified atom stereocenters. The van der Waals surface area contributed by atoms with Gasteiger partial charge < -0.3 is 0 Å². The van der Waals surface area contributed by atoms with Gasteiger partial charge in [0.05, 0.1) is 0 Å². The molecule has 0 radical (unpaired) electrons. The summed E-state index contributed by atoms with van der Waals surface area (Å²) in [5.74, 6) is 2.49. The molecule has 0 aliphatic heterocycles. The van der Waals surface area contributed by atoms with E-state index in [1.807, 2.05) is 0 Å². The Labute approximate surface area is 325 Å². The minimum absolute atomic E-state index is 1.25. The van der Waals surface area contributed by atoms with Crippen LogP contribution in [-0.4, -0.2) is 48.3 Å². The Morgan fingerprint density at radius 2 is 0.854 bits per heavy atom. The fraction of sp³-hybridized carbons (Fsp3) is 0.550. The molecule has 0 saturated carbocycles. The van der Waals surface area contributed by atoms with Crippen molar-refractivity contribution < 1.29 is 0 Å². The molecule has 0 amide bonds. The third kappa shape index (κ3) is 10.5. The topological polar surface area (TPSA) is 0 Å². The Kier molecular flexibility index (Phi) is 15.6. The second kappa shape index (κ2) is 18.7. The summed E-state index contributed by atoms with van der Waals surface area (Å²) in [7, 11) is 0. The predicted octanol–water partition coefficient (Wildman–Crippen LogP) is 15.6. The zero-order chi connectivity index (χ0) is 34.3. The minimum atomic E-state index is -2.31. The molecule has 1 aromatic carbocycles. The number of hydrogen-bond acceptors (Lipinski definition) is 6. The van der Waals surface area contributed by atoms with Gasteiger partial charge in [0.15, 0.2) is 0 Å². The predicted molar refractivity (Wildman–Crippen MR) is 238 cm³/mol. The summed E-state index contributed by atoms with van der Waals surface area (Å²) >= 11 is 7.96. The first kappa shape index (κ1) is 40.0. The molecule has 4 heterocycles. The van der Waals surface area contributed by atoms with Gasteiger partial charge in [0.2, 0.25) is 0 Å². The molecule has 0 aliphatic carbocycles. The van der Waals surface area contributed by atoms with Gasteiger partial charge in [0.1, 0.15) is 0 Å². The maximum absolute atomic E-state index is 2.67. The van der Waals surface area contributed by atoms with Crippen LogP contribution < -0.4 is 5.79 Å². The quantitative estimate of drug-likeness (QED) is 0.0433. The zero-order valence-corrected chi connectivity index (χ0v) is 41.4. The number of thioether (sulfide) groups is 2. The fourth-order valence-electron chi connectivity index (χ4n) is 6.17. The SMILES string of the molecule is CCCCCCCCSc1ccc(-c2c3c[c]([Sn]([CH3])([CH3])[CH3])sc3c(-c3ccc(SCCCCCCCC)s3)c3c[c]([Sn]([CH3])([CH3])[CH3])sc23)s1. The third-order valence-electron chi connectivity index (χ3n) is 9.08. The fourth-order valence-corrected chi connectivity index (χ4v) is 23.7. The average Bonchev–Trinajstić information content (AvgIpc) is 3.84. The average molecular weight is 969 g/mol. The van der Waals surface area contributed by atoms with E-state index in [0.29, 0.717) is 0 Å². The van der Waals surface area contributed by atoms with E-state index >= 15 is 0 Å². The third-order valence-corrected chi connectivity index (χ3v) is 35.1. The standard InChI is InChI=1S/C34H40S6.6CH3.2Sn/c1-3-5-7-9-11-13-21-35-29-17-15-27(39-29)31-25-19-23-38-34(25)32(26-20-24-37-33(26)31)28-16-18-30(40-28)36-22-14-12-10-8-6-4-2;;;;;;;;/h15-20H,3-14,21-22H2,1-2H3;6*1H3;;. The van der Waals surface area contributed by atoms with Crippen LogP contribution in [0.4, 0.5) is 0 Å². The molecule has 0 fully saturated rings. The molecule has 48 heavy (non-hydrogen) atoms. The van der Waals surface area contributed by atoms with Crippen molar-refractivity contribution in [2.45, 2.75) is 129 Å². The second-order valence-electron chi connectivity index (χ2n) is 15.4. The molecule has 0 atom stereocenters. The van der Waals surface area contributed by atoms with Crippen molar-refractivity contribution in [2.75, 3.05) is 11.5 Å². The monoisotopic (exact) mass is 970 g/mol. The first-order valence-corrected chi connectivity index (χ1v) is 43.7. The summed E-state index contributed by atoms with van der Waals surface area (Å²) in [4.78, 5) is 18.5. The van der Waals surface area contributed by atoms with Crippen LogP contribution >= 0.6 is 68.9 Å². The van der Waals surface area contributed by atoms with Gasteiger partial charge in [0, 0.05) is 0 Å². The summed E-state index contributed by atoms with van der Waals surface area (Å²) in [5, 5.41) is 3.07. The van der Waals surface area contributed by atoms with Gasteiger partial charge in [0.25, 0.3) is 0 Å². The van der Waals surface area contributed by atoms with Crippen LogP contribution in [0.3, 0.4) is 0 Å². The van der Waals surface area contributed by atoms with E-state index in [0.717, 1.165) is 0 Å². The first-order valence-electron chi connectivity index (χ1n) is 18.5. The molecule has 4 aromatic heterocycles. The Morgan fingerprint density at radius 1 is 0.479 bits per heavy atom.